The highest BCUT2D eigenvalue weighted by molar-refractivity contribution is 5.92. The Morgan fingerprint density at radius 3 is 1.53 bits per heavy atom. The monoisotopic (exact) mass is 766 g/mol. The Labute approximate surface area is 347 Å². The van der Waals surface area contributed by atoms with Crippen molar-refractivity contribution in [1.82, 2.24) is 19.9 Å². The van der Waals surface area contributed by atoms with Gasteiger partial charge in [0.25, 0.3) is 0 Å². The van der Waals surface area contributed by atoms with E-state index in [1.165, 1.54) is 16.7 Å². The van der Waals surface area contributed by atoms with Crippen molar-refractivity contribution < 1.29 is 4.74 Å². The Kier molecular flexibility index (Phi) is 7.69. The molecule has 0 fully saturated rings. The molecule has 12 rings (SSSR count). The first-order valence-corrected chi connectivity index (χ1v) is 20.2. The first kappa shape index (κ1) is 34.1. The van der Waals surface area contributed by atoms with Crippen LogP contribution in [0.4, 0.5) is 0 Å². The molecule has 0 radical (unpaired) electrons. The van der Waals surface area contributed by atoms with E-state index in [0.29, 0.717) is 17.5 Å². The van der Waals surface area contributed by atoms with E-state index in [2.05, 4.69) is 175 Å². The van der Waals surface area contributed by atoms with Crippen LogP contribution in [0.25, 0.3) is 78.4 Å². The molecule has 2 aromatic heterocycles. The van der Waals surface area contributed by atoms with E-state index >= 15 is 0 Å². The second kappa shape index (κ2) is 13.5. The average molecular weight is 767 g/mol. The van der Waals surface area contributed by atoms with Crippen molar-refractivity contribution in [2.45, 2.75) is 5.41 Å². The first-order chi connectivity index (χ1) is 29.7. The number of aromatic nitrogens is 4. The lowest BCUT2D eigenvalue weighted by molar-refractivity contribution is 0.436. The predicted molar refractivity (Wildman–Crippen MR) is 240 cm³/mol. The summed E-state index contributed by atoms with van der Waals surface area (Å²) >= 11 is 0. The topological polar surface area (TPSA) is 60.8 Å². The zero-order valence-electron chi connectivity index (χ0n) is 32.3. The third-order valence-electron chi connectivity index (χ3n) is 12.0. The van der Waals surface area contributed by atoms with E-state index in [4.69, 9.17) is 19.7 Å². The van der Waals surface area contributed by atoms with Crippen LogP contribution >= 0.6 is 0 Å². The van der Waals surface area contributed by atoms with E-state index in [1.807, 2.05) is 36.5 Å². The fourth-order valence-electron chi connectivity index (χ4n) is 9.28. The summed E-state index contributed by atoms with van der Waals surface area (Å²) in [6, 6.07) is 70.2. The van der Waals surface area contributed by atoms with E-state index in [9.17, 15) is 0 Å². The fourth-order valence-corrected chi connectivity index (χ4v) is 9.28. The minimum absolute atomic E-state index is 0.607. The number of rotatable bonds is 5. The smallest absolute Gasteiger partial charge is 0.164 e. The molecule has 2 aliphatic rings. The second-order valence-corrected chi connectivity index (χ2v) is 15.4. The zero-order valence-corrected chi connectivity index (χ0v) is 32.3. The van der Waals surface area contributed by atoms with Crippen molar-refractivity contribution in [3.63, 3.8) is 0 Å². The number of hydrogen-bond acceptors (Lipinski definition) is 5. The number of fused-ring (bicyclic) bond motifs is 10. The van der Waals surface area contributed by atoms with Gasteiger partial charge in [-0.2, -0.15) is 0 Å². The van der Waals surface area contributed by atoms with Crippen LogP contribution in [-0.4, -0.2) is 19.9 Å². The van der Waals surface area contributed by atoms with E-state index < -0.39 is 5.41 Å². The summed E-state index contributed by atoms with van der Waals surface area (Å²) in [5.74, 6) is 3.53. The highest BCUT2D eigenvalue weighted by Crippen LogP contribution is 2.62. The highest BCUT2D eigenvalue weighted by atomic mass is 16.5. The minimum Gasteiger partial charge on any atom is -0.457 e. The molecule has 0 N–H and O–H groups in total. The Morgan fingerprint density at radius 1 is 0.333 bits per heavy atom. The van der Waals surface area contributed by atoms with Crippen molar-refractivity contribution in [1.29, 1.82) is 0 Å². The van der Waals surface area contributed by atoms with Gasteiger partial charge in [0, 0.05) is 39.4 Å². The largest absolute Gasteiger partial charge is 0.457 e. The second-order valence-electron chi connectivity index (χ2n) is 15.4. The summed E-state index contributed by atoms with van der Waals surface area (Å²) < 4.78 is 6.70. The van der Waals surface area contributed by atoms with Gasteiger partial charge in [0.15, 0.2) is 17.5 Å². The molecule has 8 aromatic carbocycles. The van der Waals surface area contributed by atoms with Gasteiger partial charge < -0.3 is 4.74 Å². The molecule has 5 nitrogen and oxygen atoms in total. The summed E-state index contributed by atoms with van der Waals surface area (Å²) in [6.07, 6.45) is 1.86. The van der Waals surface area contributed by atoms with Gasteiger partial charge in [0.1, 0.15) is 11.5 Å². The average Bonchev–Trinajstić information content (AvgIpc) is 3.61. The molecule has 60 heavy (non-hydrogen) atoms. The lowest BCUT2D eigenvalue weighted by Crippen LogP contribution is -2.32. The van der Waals surface area contributed by atoms with E-state index in [1.54, 1.807) is 0 Å². The molecular weight excluding hydrogens is 733 g/mol. The van der Waals surface area contributed by atoms with Crippen molar-refractivity contribution >= 4 is 10.9 Å². The number of ether oxygens (including phenoxy) is 1. The van der Waals surface area contributed by atoms with Crippen LogP contribution in [0.3, 0.4) is 0 Å². The van der Waals surface area contributed by atoms with Gasteiger partial charge in [0.05, 0.1) is 10.9 Å². The number of benzene rings is 8. The summed E-state index contributed by atoms with van der Waals surface area (Å²) in [6.45, 7) is 0. The quantitative estimate of drug-likeness (QED) is 0.175. The number of nitrogens with zero attached hydrogens (tertiary/aromatic N) is 4. The van der Waals surface area contributed by atoms with Crippen molar-refractivity contribution in [3.05, 3.63) is 229 Å². The minimum atomic E-state index is -0.695. The van der Waals surface area contributed by atoms with Crippen LogP contribution in [-0.2, 0) is 5.41 Å². The number of pyridine rings is 1. The standard InChI is InChI=1S/C55H34N4O/c1-3-13-35(14-4-1)38-17-11-18-41(31-38)53-57-52(37-15-5-2-6-16-37)58-54(59-53)42-27-29-44-43-28-26-39(40-25-24-36-19-12-30-56-49(36)34-40)32-47(43)55(48(44)33-42)45-20-7-9-22-50(45)60-51-23-10-8-21-46(51)55/h1-34H. The lowest BCUT2D eigenvalue weighted by Gasteiger charge is -2.39. The first-order valence-electron chi connectivity index (χ1n) is 20.2. The molecule has 1 spiro atoms. The maximum absolute atomic E-state index is 6.70. The van der Waals surface area contributed by atoms with Gasteiger partial charge in [0.2, 0.25) is 0 Å². The molecule has 0 amide bonds. The van der Waals surface area contributed by atoms with Crippen LogP contribution in [0.1, 0.15) is 22.3 Å². The molecule has 0 saturated heterocycles. The molecule has 10 aromatic rings. The summed E-state index contributed by atoms with van der Waals surface area (Å²) in [4.78, 5) is 20.2. The maximum atomic E-state index is 6.70. The Bertz CT molecular complexity index is 3260. The molecule has 0 saturated carbocycles. The fraction of sp³-hybridized carbons (Fsp3) is 0.0182. The highest BCUT2D eigenvalue weighted by Gasteiger charge is 2.51. The molecular formula is C55H34N4O. The van der Waals surface area contributed by atoms with Crippen molar-refractivity contribution in [3.8, 4) is 79.0 Å². The molecule has 0 bridgehead atoms. The van der Waals surface area contributed by atoms with Crippen LogP contribution in [0.5, 0.6) is 11.5 Å². The summed E-state index contributed by atoms with van der Waals surface area (Å²) in [5.41, 5.74) is 14.4. The Balaban J connectivity index is 1.09. The molecule has 0 atom stereocenters. The molecule has 280 valence electrons. The number of para-hydroxylation sites is 2. The summed E-state index contributed by atoms with van der Waals surface area (Å²) in [7, 11) is 0. The lowest BCUT2D eigenvalue weighted by atomic mass is 9.65. The third kappa shape index (κ3) is 5.33. The molecule has 5 heteroatoms. The normalized spacial score (nSPS) is 12.9. The maximum Gasteiger partial charge on any atom is 0.164 e. The predicted octanol–water partition coefficient (Wildman–Crippen LogP) is 13.2. The van der Waals surface area contributed by atoms with Crippen LogP contribution in [0, 0.1) is 0 Å². The molecule has 0 unspecified atom stereocenters. The van der Waals surface area contributed by atoms with Gasteiger partial charge in [-0.1, -0.05) is 158 Å². The van der Waals surface area contributed by atoms with Gasteiger partial charge in [-0.15, -0.1) is 0 Å². The van der Waals surface area contributed by atoms with Crippen LogP contribution in [0.2, 0.25) is 0 Å². The van der Waals surface area contributed by atoms with Crippen LogP contribution in [0.15, 0.2) is 206 Å². The van der Waals surface area contributed by atoms with E-state index in [0.717, 1.165) is 78.0 Å². The van der Waals surface area contributed by atoms with Gasteiger partial charge in [-0.3, -0.25) is 4.98 Å². The summed E-state index contributed by atoms with van der Waals surface area (Å²) in [5, 5.41) is 1.12. The zero-order chi connectivity index (χ0) is 39.6. The number of hydrogen-bond donors (Lipinski definition) is 0. The van der Waals surface area contributed by atoms with Crippen molar-refractivity contribution in [2.24, 2.45) is 0 Å². The van der Waals surface area contributed by atoms with E-state index in [-0.39, 0.29) is 0 Å². The van der Waals surface area contributed by atoms with Crippen LogP contribution < -0.4 is 4.74 Å². The van der Waals surface area contributed by atoms with Gasteiger partial charge >= 0.3 is 0 Å². The Hall–Kier alpha value is -8.02. The molecule has 1 aliphatic carbocycles. The SMILES string of the molecule is c1ccc(-c2cccc(-c3nc(-c4ccccc4)nc(-c4ccc5c(c4)C4(c6ccccc6Oc6ccccc64)c4cc(-c6ccc7cccnc7c6)ccc4-5)n3)c2)cc1. The van der Waals surface area contributed by atoms with Gasteiger partial charge in [-0.25, -0.2) is 15.0 Å². The van der Waals surface area contributed by atoms with Gasteiger partial charge in [-0.05, 0) is 87.0 Å². The van der Waals surface area contributed by atoms with Crippen molar-refractivity contribution in [2.75, 3.05) is 0 Å². The molecule has 1 aliphatic heterocycles. The third-order valence-corrected chi connectivity index (χ3v) is 12.0. The molecule has 3 heterocycles. The Morgan fingerprint density at radius 2 is 0.833 bits per heavy atom.